The molecule has 0 aliphatic rings. The van der Waals surface area contributed by atoms with Gasteiger partial charge in [0.15, 0.2) is 0 Å². The normalized spacial score (nSPS) is 12.0. The van der Waals surface area contributed by atoms with Crippen LogP contribution in [0.3, 0.4) is 0 Å². The predicted molar refractivity (Wildman–Crippen MR) is 82.6 cm³/mol. The molecule has 1 amide bonds. The lowest BCUT2D eigenvalue weighted by Gasteiger charge is -2.23. The van der Waals surface area contributed by atoms with Crippen molar-refractivity contribution in [1.29, 1.82) is 0 Å². The van der Waals surface area contributed by atoms with Crippen molar-refractivity contribution >= 4 is 5.91 Å². The molecule has 0 aliphatic heterocycles. The second-order valence-electron chi connectivity index (χ2n) is 5.42. The van der Waals surface area contributed by atoms with Gasteiger partial charge < -0.3 is 10.1 Å². The monoisotopic (exact) mass is 273 g/mol. The van der Waals surface area contributed by atoms with Gasteiger partial charge in [0.25, 0.3) is 0 Å². The van der Waals surface area contributed by atoms with Crippen LogP contribution in [-0.4, -0.2) is 11.5 Å². The Morgan fingerprint density at radius 2 is 1.95 bits per heavy atom. The quantitative estimate of drug-likeness (QED) is 0.657. The molecule has 0 spiro atoms. The summed E-state index contributed by atoms with van der Waals surface area (Å²) in [5.41, 5.74) is 0.710. The maximum atomic E-state index is 11.6. The minimum atomic E-state index is -0.258. The van der Waals surface area contributed by atoms with Gasteiger partial charge in [-0.2, -0.15) is 0 Å². The van der Waals surface area contributed by atoms with E-state index in [1.165, 1.54) is 6.08 Å². The van der Waals surface area contributed by atoms with E-state index in [2.05, 4.69) is 5.32 Å². The van der Waals surface area contributed by atoms with Crippen molar-refractivity contribution in [1.82, 2.24) is 5.32 Å². The fraction of sp³-hybridized carbons (Fsp3) is 0.353. The Morgan fingerprint density at radius 3 is 2.60 bits per heavy atom. The first-order valence-electron chi connectivity index (χ1n) is 6.76. The minimum Gasteiger partial charge on any atom is -0.488 e. The molecule has 20 heavy (non-hydrogen) atoms. The summed E-state index contributed by atoms with van der Waals surface area (Å²) in [7, 11) is 0. The minimum absolute atomic E-state index is 0.117. The second kappa shape index (κ2) is 7.53. The number of hydrogen-bond acceptors (Lipinski definition) is 2. The van der Waals surface area contributed by atoms with Gasteiger partial charge in [0.2, 0.25) is 5.91 Å². The molecule has 0 fully saturated rings. The molecule has 0 bridgehead atoms. The zero-order valence-corrected chi connectivity index (χ0v) is 12.6. The zero-order chi connectivity index (χ0) is 15.0. The van der Waals surface area contributed by atoms with Gasteiger partial charge in [-0.3, -0.25) is 4.79 Å². The first-order chi connectivity index (χ1) is 9.42. The van der Waals surface area contributed by atoms with Crippen molar-refractivity contribution in [3.05, 3.63) is 54.1 Å². The van der Waals surface area contributed by atoms with Crippen molar-refractivity contribution in [2.45, 2.75) is 39.8 Å². The van der Waals surface area contributed by atoms with E-state index in [9.17, 15) is 4.79 Å². The molecule has 3 nitrogen and oxygen atoms in total. The number of carbonyl (C=O) groups excluding carboxylic acids is 1. The summed E-state index contributed by atoms with van der Waals surface area (Å²) >= 11 is 0. The van der Waals surface area contributed by atoms with Gasteiger partial charge in [-0.05, 0) is 33.8 Å². The first kappa shape index (κ1) is 16.0. The number of benzene rings is 1. The molecule has 1 aromatic rings. The summed E-state index contributed by atoms with van der Waals surface area (Å²) < 4.78 is 5.88. The number of hydrogen-bond donors (Lipinski definition) is 1. The van der Waals surface area contributed by atoms with E-state index in [1.54, 1.807) is 6.08 Å². The number of rotatable bonds is 5. The molecule has 108 valence electrons. The molecule has 0 saturated heterocycles. The van der Waals surface area contributed by atoms with Crippen LogP contribution in [0.15, 0.2) is 48.6 Å². The predicted octanol–water partition coefficient (Wildman–Crippen LogP) is 3.61. The molecule has 0 heterocycles. The Labute approximate surface area is 121 Å². The van der Waals surface area contributed by atoms with E-state index in [1.807, 2.05) is 64.1 Å². The van der Waals surface area contributed by atoms with Crippen molar-refractivity contribution < 1.29 is 9.53 Å². The van der Waals surface area contributed by atoms with E-state index >= 15 is 0 Å². The van der Waals surface area contributed by atoms with Gasteiger partial charge in [-0.25, -0.2) is 0 Å². The molecule has 3 heteroatoms. The van der Waals surface area contributed by atoms with Crippen LogP contribution in [0.4, 0.5) is 0 Å². The highest BCUT2D eigenvalue weighted by molar-refractivity contribution is 5.87. The fourth-order valence-corrected chi connectivity index (χ4v) is 1.57. The van der Waals surface area contributed by atoms with Crippen molar-refractivity contribution in [3.8, 4) is 5.75 Å². The van der Waals surface area contributed by atoms with E-state index in [0.29, 0.717) is 6.54 Å². The zero-order valence-electron chi connectivity index (χ0n) is 12.6. The topological polar surface area (TPSA) is 38.3 Å². The van der Waals surface area contributed by atoms with Crippen LogP contribution in [0.5, 0.6) is 5.75 Å². The lowest BCUT2D eigenvalue weighted by Crippen LogP contribution is -2.25. The SMILES string of the molecule is C/C=C/C=C/C(=O)NCc1ccccc1OC(C)(C)C. The van der Waals surface area contributed by atoms with E-state index in [0.717, 1.165) is 11.3 Å². The summed E-state index contributed by atoms with van der Waals surface area (Å²) in [5.74, 6) is 0.686. The molecule has 1 rings (SSSR count). The van der Waals surface area contributed by atoms with Crippen LogP contribution in [0, 0.1) is 0 Å². The molecule has 0 aromatic heterocycles. The molecular weight excluding hydrogens is 250 g/mol. The van der Waals surface area contributed by atoms with Crippen LogP contribution < -0.4 is 10.1 Å². The maximum absolute atomic E-state index is 11.6. The average molecular weight is 273 g/mol. The third-order valence-electron chi connectivity index (χ3n) is 2.39. The van der Waals surface area contributed by atoms with E-state index in [4.69, 9.17) is 4.74 Å². The lowest BCUT2D eigenvalue weighted by atomic mass is 10.1. The molecular formula is C17H23NO2. The first-order valence-corrected chi connectivity index (χ1v) is 6.76. The Bertz CT molecular complexity index is 496. The van der Waals surface area contributed by atoms with Gasteiger partial charge in [0.1, 0.15) is 11.4 Å². The van der Waals surface area contributed by atoms with Crippen LogP contribution in [0.1, 0.15) is 33.3 Å². The van der Waals surface area contributed by atoms with Gasteiger partial charge in [-0.15, -0.1) is 0 Å². The summed E-state index contributed by atoms with van der Waals surface area (Å²) in [6.45, 7) is 8.36. The average Bonchev–Trinajstić information content (AvgIpc) is 2.36. The summed E-state index contributed by atoms with van der Waals surface area (Å²) in [5, 5.41) is 2.84. The third kappa shape index (κ3) is 6.23. The van der Waals surface area contributed by atoms with E-state index in [-0.39, 0.29) is 11.5 Å². The largest absolute Gasteiger partial charge is 0.488 e. The van der Waals surface area contributed by atoms with Crippen LogP contribution in [0.2, 0.25) is 0 Å². The summed E-state index contributed by atoms with van der Waals surface area (Å²) in [6, 6.07) is 7.74. The molecule has 0 atom stereocenters. The highest BCUT2D eigenvalue weighted by atomic mass is 16.5. The summed E-state index contributed by atoms with van der Waals surface area (Å²) in [4.78, 5) is 11.6. The number of carbonyl (C=O) groups is 1. The molecule has 1 N–H and O–H groups in total. The van der Waals surface area contributed by atoms with Gasteiger partial charge in [-0.1, -0.05) is 36.4 Å². The molecule has 0 aliphatic carbocycles. The number of ether oxygens (including phenoxy) is 1. The van der Waals surface area contributed by atoms with Gasteiger partial charge >= 0.3 is 0 Å². The molecule has 0 unspecified atom stereocenters. The highest BCUT2D eigenvalue weighted by Crippen LogP contribution is 2.22. The van der Waals surface area contributed by atoms with Crippen molar-refractivity contribution in [3.63, 3.8) is 0 Å². The molecule has 1 aromatic carbocycles. The highest BCUT2D eigenvalue weighted by Gasteiger charge is 2.14. The Balaban J connectivity index is 2.66. The third-order valence-corrected chi connectivity index (χ3v) is 2.39. The maximum Gasteiger partial charge on any atom is 0.244 e. The van der Waals surface area contributed by atoms with Crippen LogP contribution >= 0.6 is 0 Å². The van der Waals surface area contributed by atoms with Crippen molar-refractivity contribution in [2.75, 3.05) is 0 Å². The molecule has 0 radical (unpaired) electrons. The Morgan fingerprint density at radius 1 is 1.25 bits per heavy atom. The number of amides is 1. The Kier molecular flexibility index (Phi) is 6.04. The van der Waals surface area contributed by atoms with Crippen molar-refractivity contribution in [2.24, 2.45) is 0 Å². The standard InChI is InChI=1S/C17H23NO2/c1-5-6-7-12-16(19)18-13-14-10-8-9-11-15(14)20-17(2,3)4/h5-12H,13H2,1-4H3,(H,18,19)/b6-5+,12-7+. The van der Waals surface area contributed by atoms with Gasteiger partial charge in [0, 0.05) is 18.2 Å². The van der Waals surface area contributed by atoms with E-state index < -0.39 is 0 Å². The number of nitrogens with one attached hydrogen (secondary N) is 1. The fourth-order valence-electron chi connectivity index (χ4n) is 1.57. The number of allylic oxidation sites excluding steroid dienone is 3. The molecule has 0 saturated carbocycles. The lowest BCUT2D eigenvalue weighted by molar-refractivity contribution is -0.116. The number of para-hydroxylation sites is 1. The second-order valence-corrected chi connectivity index (χ2v) is 5.42. The van der Waals surface area contributed by atoms with Gasteiger partial charge in [0.05, 0.1) is 0 Å². The van der Waals surface area contributed by atoms with Crippen LogP contribution in [0.25, 0.3) is 0 Å². The smallest absolute Gasteiger partial charge is 0.244 e. The van der Waals surface area contributed by atoms with Crippen LogP contribution in [-0.2, 0) is 11.3 Å². The summed E-state index contributed by atoms with van der Waals surface area (Å²) in [6.07, 6.45) is 6.91. The Hall–Kier alpha value is -2.03.